The topological polar surface area (TPSA) is 29.0 Å². The van der Waals surface area contributed by atoms with Crippen LogP contribution in [0.25, 0.3) is 0 Å². The van der Waals surface area contributed by atoms with Crippen LogP contribution in [0.3, 0.4) is 0 Å². The van der Waals surface area contributed by atoms with Gasteiger partial charge >= 0.3 is 0 Å². The lowest BCUT2D eigenvalue weighted by atomic mass is 10.1. The fourth-order valence-corrected chi connectivity index (χ4v) is 3.26. The molecule has 0 bridgehead atoms. The van der Waals surface area contributed by atoms with E-state index < -0.39 is 0 Å². The van der Waals surface area contributed by atoms with Gasteiger partial charge in [-0.05, 0) is 29.9 Å². The van der Waals surface area contributed by atoms with Crippen molar-refractivity contribution in [2.24, 2.45) is 0 Å². The summed E-state index contributed by atoms with van der Waals surface area (Å²) in [4.78, 5) is 13.2. The molecule has 3 nitrogen and oxygen atoms in total. The van der Waals surface area contributed by atoms with Crippen LogP contribution in [0.2, 0.25) is 0 Å². The van der Waals surface area contributed by atoms with Crippen LogP contribution in [0, 0.1) is 0 Å². The van der Waals surface area contributed by atoms with Gasteiger partial charge in [-0.3, -0.25) is 4.90 Å². The van der Waals surface area contributed by atoms with Crippen molar-refractivity contribution in [1.82, 2.24) is 14.9 Å². The van der Waals surface area contributed by atoms with Gasteiger partial charge in [-0.15, -0.1) is 11.3 Å². The van der Waals surface area contributed by atoms with E-state index in [9.17, 15) is 0 Å². The second-order valence-electron chi connectivity index (χ2n) is 5.71. The van der Waals surface area contributed by atoms with Crippen LogP contribution >= 0.6 is 11.3 Å². The second kappa shape index (κ2) is 6.02. The summed E-state index contributed by atoms with van der Waals surface area (Å²) in [6, 6.07) is 4.36. The summed E-state index contributed by atoms with van der Waals surface area (Å²) >= 11 is 1.85. The van der Waals surface area contributed by atoms with Gasteiger partial charge in [0.15, 0.2) is 0 Å². The minimum atomic E-state index is 0.404. The van der Waals surface area contributed by atoms with Gasteiger partial charge < -0.3 is 0 Å². The first-order chi connectivity index (χ1) is 9.72. The Morgan fingerprint density at radius 1 is 1.40 bits per heavy atom. The standard InChI is InChI=1S/C16H21N3S/c1-12(2)16-17-10-13-5-7-19(11-15(13)18-16)8-6-14-4-3-9-20-14/h3-4,9-10,12H,5-8,11H2,1-2H3. The van der Waals surface area contributed by atoms with E-state index in [0.29, 0.717) is 5.92 Å². The third kappa shape index (κ3) is 3.07. The van der Waals surface area contributed by atoms with E-state index in [-0.39, 0.29) is 0 Å². The lowest BCUT2D eigenvalue weighted by molar-refractivity contribution is 0.252. The Bertz CT molecular complexity index is 563. The molecule has 1 aliphatic heterocycles. The van der Waals surface area contributed by atoms with Gasteiger partial charge in [0.25, 0.3) is 0 Å². The third-order valence-corrected chi connectivity index (χ3v) is 4.75. The Morgan fingerprint density at radius 3 is 3.05 bits per heavy atom. The first kappa shape index (κ1) is 13.7. The number of rotatable bonds is 4. The molecule has 0 atom stereocenters. The highest BCUT2D eigenvalue weighted by Crippen LogP contribution is 2.19. The molecule has 2 aromatic heterocycles. The summed E-state index contributed by atoms with van der Waals surface area (Å²) in [6.45, 7) is 7.53. The molecule has 0 unspecified atom stereocenters. The molecule has 0 aliphatic carbocycles. The molecule has 0 aromatic carbocycles. The van der Waals surface area contributed by atoms with Crippen molar-refractivity contribution in [3.05, 3.63) is 45.7 Å². The molecule has 20 heavy (non-hydrogen) atoms. The monoisotopic (exact) mass is 287 g/mol. The van der Waals surface area contributed by atoms with Gasteiger partial charge in [0.2, 0.25) is 0 Å². The highest BCUT2D eigenvalue weighted by molar-refractivity contribution is 7.09. The summed E-state index contributed by atoms with van der Waals surface area (Å²) in [6.07, 6.45) is 4.27. The van der Waals surface area contributed by atoms with Crippen molar-refractivity contribution in [3.63, 3.8) is 0 Å². The number of fused-ring (bicyclic) bond motifs is 1. The van der Waals surface area contributed by atoms with Gasteiger partial charge in [-0.1, -0.05) is 19.9 Å². The fraction of sp³-hybridized carbons (Fsp3) is 0.500. The van der Waals surface area contributed by atoms with E-state index >= 15 is 0 Å². The molecule has 0 saturated heterocycles. The Kier molecular flexibility index (Phi) is 4.13. The Balaban J connectivity index is 1.66. The van der Waals surface area contributed by atoms with Crippen molar-refractivity contribution in [2.75, 3.05) is 13.1 Å². The van der Waals surface area contributed by atoms with Gasteiger partial charge in [-0.2, -0.15) is 0 Å². The number of hydrogen-bond acceptors (Lipinski definition) is 4. The van der Waals surface area contributed by atoms with E-state index in [1.165, 1.54) is 16.1 Å². The van der Waals surface area contributed by atoms with E-state index in [2.05, 4.69) is 41.2 Å². The first-order valence-corrected chi connectivity index (χ1v) is 8.20. The summed E-state index contributed by atoms with van der Waals surface area (Å²) in [5.74, 6) is 1.38. The molecule has 4 heteroatoms. The van der Waals surface area contributed by atoms with E-state index in [1.54, 1.807) is 0 Å². The predicted octanol–water partition coefficient (Wildman–Crippen LogP) is 3.26. The van der Waals surface area contributed by atoms with Crippen molar-refractivity contribution in [1.29, 1.82) is 0 Å². The van der Waals surface area contributed by atoms with Gasteiger partial charge in [-0.25, -0.2) is 9.97 Å². The van der Waals surface area contributed by atoms with Crippen molar-refractivity contribution in [2.45, 2.75) is 39.2 Å². The van der Waals surface area contributed by atoms with Gasteiger partial charge in [0.1, 0.15) is 5.82 Å². The highest BCUT2D eigenvalue weighted by atomic mass is 32.1. The maximum absolute atomic E-state index is 4.76. The number of nitrogens with zero attached hydrogens (tertiary/aromatic N) is 3. The second-order valence-corrected chi connectivity index (χ2v) is 6.74. The summed E-state index contributed by atoms with van der Waals surface area (Å²) in [5, 5.41) is 2.16. The normalized spacial score (nSPS) is 15.6. The predicted molar refractivity (Wildman–Crippen MR) is 83.1 cm³/mol. The Hall–Kier alpha value is -1.26. The van der Waals surface area contributed by atoms with Gasteiger partial charge in [0.05, 0.1) is 5.69 Å². The maximum Gasteiger partial charge on any atom is 0.131 e. The molecular weight excluding hydrogens is 266 g/mol. The fourth-order valence-electron chi connectivity index (χ4n) is 2.56. The van der Waals surface area contributed by atoms with Crippen LogP contribution < -0.4 is 0 Å². The molecule has 0 amide bonds. The van der Waals surface area contributed by atoms with Crippen LogP contribution in [0.4, 0.5) is 0 Å². The summed E-state index contributed by atoms with van der Waals surface area (Å²) < 4.78 is 0. The number of hydrogen-bond donors (Lipinski definition) is 0. The zero-order chi connectivity index (χ0) is 13.9. The summed E-state index contributed by atoms with van der Waals surface area (Å²) in [7, 11) is 0. The van der Waals surface area contributed by atoms with E-state index in [1.807, 2.05) is 17.5 Å². The summed E-state index contributed by atoms with van der Waals surface area (Å²) in [5.41, 5.74) is 2.57. The largest absolute Gasteiger partial charge is 0.297 e. The molecule has 0 fully saturated rings. The average Bonchev–Trinajstić information content (AvgIpc) is 2.97. The lowest BCUT2D eigenvalue weighted by Crippen LogP contribution is -2.33. The molecule has 2 aromatic rings. The molecular formula is C16H21N3S. The average molecular weight is 287 g/mol. The van der Waals surface area contributed by atoms with Crippen LogP contribution in [0.5, 0.6) is 0 Å². The van der Waals surface area contributed by atoms with E-state index in [4.69, 9.17) is 4.98 Å². The lowest BCUT2D eigenvalue weighted by Gasteiger charge is -2.28. The Morgan fingerprint density at radius 2 is 2.30 bits per heavy atom. The van der Waals surface area contributed by atoms with E-state index in [0.717, 1.165) is 38.3 Å². The molecule has 0 radical (unpaired) electrons. The molecule has 1 aliphatic rings. The highest BCUT2D eigenvalue weighted by Gasteiger charge is 2.18. The maximum atomic E-state index is 4.76. The van der Waals surface area contributed by atoms with Crippen LogP contribution in [-0.2, 0) is 19.4 Å². The Labute approximate surface area is 124 Å². The quantitative estimate of drug-likeness (QED) is 0.864. The van der Waals surface area contributed by atoms with Gasteiger partial charge in [0, 0.05) is 36.6 Å². The number of aromatic nitrogens is 2. The van der Waals surface area contributed by atoms with Crippen molar-refractivity contribution >= 4 is 11.3 Å². The van der Waals surface area contributed by atoms with Crippen LogP contribution in [-0.4, -0.2) is 28.0 Å². The number of thiophene rings is 1. The molecule has 106 valence electrons. The molecule has 0 saturated carbocycles. The third-order valence-electron chi connectivity index (χ3n) is 3.81. The van der Waals surface area contributed by atoms with Crippen LogP contribution in [0.15, 0.2) is 23.7 Å². The molecule has 3 rings (SSSR count). The zero-order valence-electron chi connectivity index (χ0n) is 12.2. The SMILES string of the molecule is CC(C)c1ncc2c(n1)CN(CCc1cccs1)CC2. The first-order valence-electron chi connectivity index (χ1n) is 7.32. The zero-order valence-corrected chi connectivity index (χ0v) is 13.0. The minimum absolute atomic E-state index is 0.404. The van der Waals surface area contributed by atoms with Crippen LogP contribution in [0.1, 0.15) is 41.7 Å². The van der Waals surface area contributed by atoms with Crippen molar-refractivity contribution < 1.29 is 0 Å². The molecule has 0 spiro atoms. The molecule has 3 heterocycles. The van der Waals surface area contributed by atoms with Crippen molar-refractivity contribution in [3.8, 4) is 0 Å². The smallest absolute Gasteiger partial charge is 0.131 e. The molecule has 0 N–H and O–H groups in total. The minimum Gasteiger partial charge on any atom is -0.297 e.